The third kappa shape index (κ3) is 4.64. The second kappa shape index (κ2) is 10.2. The summed E-state index contributed by atoms with van der Waals surface area (Å²) in [4.78, 5) is 33.0. The molecule has 0 saturated carbocycles. The van der Waals surface area contributed by atoms with Gasteiger partial charge in [0.25, 0.3) is 0 Å². The molecule has 2 heterocycles. The smallest absolute Gasteiger partial charge is 0.340 e. The molecule has 0 radical (unpaired) electrons. The van der Waals surface area contributed by atoms with E-state index in [9.17, 15) is 9.59 Å². The lowest BCUT2D eigenvalue weighted by Crippen LogP contribution is -2.09. The zero-order chi connectivity index (χ0) is 25.2. The van der Waals surface area contributed by atoms with Gasteiger partial charge in [-0.1, -0.05) is 42.1 Å². The molecule has 0 fully saturated rings. The van der Waals surface area contributed by atoms with Crippen molar-refractivity contribution in [2.24, 2.45) is 0 Å². The largest absolute Gasteiger partial charge is 0.462 e. The molecule has 0 spiro atoms. The molecule has 182 valence electrons. The van der Waals surface area contributed by atoms with Crippen LogP contribution in [0.3, 0.4) is 0 Å². The number of carbonyl (C=O) groups is 2. The van der Waals surface area contributed by atoms with E-state index in [0.29, 0.717) is 26.9 Å². The Hall–Kier alpha value is -3.56. The van der Waals surface area contributed by atoms with E-state index in [1.54, 1.807) is 13.0 Å². The molecule has 0 aliphatic heterocycles. The standard InChI is InChI=1S/C27H22BrN3O4S/c1-3-34-26(33)25-18-13-24(35-16(2)32)19(28)14-22(18)31(17-9-5-4-6-10-17)23(25)15-36-27-29-20-11-7-8-12-21(20)30-27/h4-14H,3,15H2,1-2H3,(H,29,30). The highest BCUT2D eigenvalue weighted by molar-refractivity contribution is 9.10. The van der Waals surface area contributed by atoms with Crippen molar-refractivity contribution < 1.29 is 19.1 Å². The Morgan fingerprint density at radius 2 is 1.83 bits per heavy atom. The molecule has 3 aromatic carbocycles. The fourth-order valence-corrected chi connectivity index (χ4v) is 5.45. The number of H-pyrrole nitrogens is 1. The van der Waals surface area contributed by atoms with Crippen LogP contribution in [0, 0.1) is 0 Å². The summed E-state index contributed by atoms with van der Waals surface area (Å²) >= 11 is 5.02. The summed E-state index contributed by atoms with van der Waals surface area (Å²) in [7, 11) is 0. The number of imidazole rings is 1. The highest BCUT2D eigenvalue weighted by Crippen LogP contribution is 2.39. The summed E-state index contributed by atoms with van der Waals surface area (Å²) in [5.74, 6) is -0.107. The topological polar surface area (TPSA) is 86.2 Å². The Balaban J connectivity index is 1.71. The summed E-state index contributed by atoms with van der Waals surface area (Å²) in [5.41, 5.74) is 4.69. The normalized spacial score (nSPS) is 11.2. The van der Waals surface area contributed by atoms with E-state index >= 15 is 0 Å². The van der Waals surface area contributed by atoms with E-state index in [1.165, 1.54) is 18.7 Å². The van der Waals surface area contributed by atoms with Gasteiger partial charge in [0.15, 0.2) is 5.16 Å². The first-order chi connectivity index (χ1) is 17.5. The lowest BCUT2D eigenvalue weighted by molar-refractivity contribution is -0.131. The predicted molar refractivity (Wildman–Crippen MR) is 144 cm³/mol. The Morgan fingerprint density at radius 3 is 2.56 bits per heavy atom. The third-order valence-electron chi connectivity index (χ3n) is 5.58. The fraction of sp³-hybridized carbons (Fsp3) is 0.148. The Labute approximate surface area is 219 Å². The van der Waals surface area contributed by atoms with Gasteiger partial charge in [-0.2, -0.15) is 0 Å². The van der Waals surface area contributed by atoms with Crippen LogP contribution in [0.25, 0.3) is 27.6 Å². The Bertz CT molecular complexity index is 1560. The first kappa shape index (κ1) is 24.1. The minimum absolute atomic E-state index is 0.236. The van der Waals surface area contributed by atoms with Crippen LogP contribution in [-0.2, 0) is 15.3 Å². The van der Waals surface area contributed by atoms with Crippen molar-refractivity contribution in [3.05, 3.63) is 82.5 Å². The molecule has 5 aromatic rings. The van der Waals surface area contributed by atoms with Crippen molar-refractivity contribution >= 4 is 61.6 Å². The van der Waals surface area contributed by atoms with Crippen molar-refractivity contribution in [1.82, 2.24) is 14.5 Å². The maximum atomic E-state index is 13.3. The number of carbonyl (C=O) groups excluding carboxylic acids is 2. The first-order valence-electron chi connectivity index (χ1n) is 11.3. The second-order valence-electron chi connectivity index (χ2n) is 7.95. The van der Waals surface area contributed by atoms with Gasteiger partial charge in [-0.25, -0.2) is 9.78 Å². The van der Waals surface area contributed by atoms with Gasteiger partial charge in [0, 0.05) is 29.4 Å². The number of para-hydroxylation sites is 3. The number of nitrogens with zero attached hydrogens (tertiary/aromatic N) is 2. The van der Waals surface area contributed by atoms with Crippen LogP contribution in [0.4, 0.5) is 0 Å². The SMILES string of the molecule is CCOC(=O)c1c(CSc2nc3ccccc3[nH]2)n(-c2ccccc2)c2cc(Br)c(OC(C)=O)cc12. The van der Waals surface area contributed by atoms with Gasteiger partial charge < -0.3 is 19.0 Å². The number of benzene rings is 3. The van der Waals surface area contributed by atoms with Crippen molar-refractivity contribution in [2.75, 3.05) is 6.61 Å². The molecule has 36 heavy (non-hydrogen) atoms. The van der Waals surface area contributed by atoms with Crippen molar-refractivity contribution in [2.45, 2.75) is 24.8 Å². The van der Waals surface area contributed by atoms with E-state index in [0.717, 1.165) is 33.1 Å². The van der Waals surface area contributed by atoms with Gasteiger partial charge in [0.1, 0.15) is 5.75 Å². The maximum Gasteiger partial charge on any atom is 0.340 e. The number of aromatic amines is 1. The molecule has 7 nitrogen and oxygen atoms in total. The third-order valence-corrected chi connectivity index (χ3v) is 7.08. The highest BCUT2D eigenvalue weighted by Gasteiger charge is 2.26. The minimum Gasteiger partial charge on any atom is -0.462 e. The van der Waals surface area contributed by atoms with Gasteiger partial charge in [-0.05, 0) is 59.3 Å². The zero-order valence-electron chi connectivity index (χ0n) is 19.6. The van der Waals surface area contributed by atoms with E-state index < -0.39 is 11.9 Å². The van der Waals surface area contributed by atoms with E-state index in [-0.39, 0.29) is 6.61 Å². The maximum absolute atomic E-state index is 13.3. The van der Waals surface area contributed by atoms with Crippen LogP contribution < -0.4 is 4.74 Å². The molecular formula is C27H22BrN3O4S. The molecule has 0 atom stereocenters. The monoisotopic (exact) mass is 563 g/mol. The number of hydrogen-bond acceptors (Lipinski definition) is 6. The van der Waals surface area contributed by atoms with Crippen molar-refractivity contribution in [3.63, 3.8) is 0 Å². The van der Waals surface area contributed by atoms with Crippen molar-refractivity contribution in [3.8, 4) is 11.4 Å². The van der Waals surface area contributed by atoms with Gasteiger partial charge in [-0.15, -0.1) is 0 Å². The van der Waals surface area contributed by atoms with E-state index in [1.807, 2.05) is 65.2 Å². The van der Waals surface area contributed by atoms with Gasteiger partial charge in [0.05, 0.1) is 33.2 Å². The number of thioether (sulfide) groups is 1. The number of hydrogen-bond donors (Lipinski definition) is 1. The molecule has 0 aliphatic rings. The summed E-state index contributed by atoms with van der Waals surface area (Å²) in [6, 6.07) is 21.2. The summed E-state index contributed by atoms with van der Waals surface area (Å²) in [6.07, 6.45) is 0. The summed E-state index contributed by atoms with van der Waals surface area (Å²) in [6.45, 7) is 3.35. The van der Waals surface area contributed by atoms with E-state index in [2.05, 4.69) is 25.9 Å². The number of ether oxygens (including phenoxy) is 2. The molecule has 1 N–H and O–H groups in total. The number of nitrogens with one attached hydrogen (secondary N) is 1. The van der Waals surface area contributed by atoms with Crippen LogP contribution in [-0.4, -0.2) is 33.1 Å². The average Bonchev–Trinajstić information content (AvgIpc) is 3.41. The van der Waals surface area contributed by atoms with Crippen LogP contribution in [0.5, 0.6) is 5.75 Å². The summed E-state index contributed by atoms with van der Waals surface area (Å²) in [5, 5.41) is 1.38. The molecule has 0 unspecified atom stereocenters. The molecule has 0 amide bonds. The fourth-order valence-electron chi connectivity index (χ4n) is 4.15. The van der Waals surface area contributed by atoms with Crippen LogP contribution in [0.1, 0.15) is 29.9 Å². The molecular weight excluding hydrogens is 542 g/mol. The van der Waals surface area contributed by atoms with Gasteiger partial charge in [-0.3, -0.25) is 4.79 Å². The van der Waals surface area contributed by atoms with Crippen LogP contribution >= 0.6 is 27.7 Å². The minimum atomic E-state index is -0.448. The second-order valence-corrected chi connectivity index (χ2v) is 9.77. The quantitative estimate of drug-likeness (QED) is 0.135. The van der Waals surface area contributed by atoms with Crippen LogP contribution in [0.15, 0.2) is 76.4 Å². The Kier molecular flexibility index (Phi) is 6.84. The lowest BCUT2D eigenvalue weighted by atomic mass is 10.1. The van der Waals surface area contributed by atoms with E-state index in [4.69, 9.17) is 9.47 Å². The Morgan fingerprint density at radius 1 is 1.08 bits per heavy atom. The van der Waals surface area contributed by atoms with Gasteiger partial charge >= 0.3 is 11.9 Å². The highest BCUT2D eigenvalue weighted by atomic mass is 79.9. The molecule has 0 bridgehead atoms. The summed E-state index contributed by atoms with van der Waals surface area (Å²) < 4.78 is 13.5. The molecule has 5 rings (SSSR count). The molecule has 0 saturated heterocycles. The first-order valence-corrected chi connectivity index (χ1v) is 13.1. The number of aromatic nitrogens is 3. The molecule has 0 aliphatic carbocycles. The number of fused-ring (bicyclic) bond motifs is 2. The van der Waals surface area contributed by atoms with Gasteiger partial charge in [0.2, 0.25) is 0 Å². The lowest BCUT2D eigenvalue weighted by Gasteiger charge is -2.12. The average molecular weight is 564 g/mol. The van der Waals surface area contributed by atoms with Crippen LogP contribution in [0.2, 0.25) is 0 Å². The predicted octanol–water partition coefficient (Wildman–Crippen LogP) is 6.66. The molecule has 9 heteroatoms. The molecule has 2 aromatic heterocycles. The number of rotatable bonds is 7. The zero-order valence-corrected chi connectivity index (χ0v) is 22.0. The number of esters is 2. The number of halogens is 1. The van der Waals surface area contributed by atoms with Crippen molar-refractivity contribution in [1.29, 1.82) is 0 Å².